The maximum atomic E-state index is 12.8. The normalized spacial score (nSPS) is 11.2. The average Bonchev–Trinajstić information content (AvgIpc) is 2.73. The second kappa shape index (κ2) is 8.55. The molecule has 0 radical (unpaired) electrons. The molecule has 2 heterocycles. The maximum Gasteiger partial charge on any atom is 0.433 e. The summed E-state index contributed by atoms with van der Waals surface area (Å²) in [6.07, 6.45) is -3.19. The van der Waals surface area contributed by atoms with Crippen molar-refractivity contribution in [1.29, 1.82) is 0 Å². The van der Waals surface area contributed by atoms with Crippen molar-refractivity contribution in [3.63, 3.8) is 0 Å². The van der Waals surface area contributed by atoms with Gasteiger partial charge in [-0.25, -0.2) is 9.78 Å². The molecular formula is C22H18F3N3O3. The summed E-state index contributed by atoms with van der Waals surface area (Å²) in [4.78, 5) is 31.9. The fourth-order valence-electron chi connectivity index (χ4n) is 2.92. The van der Waals surface area contributed by atoms with Gasteiger partial charge in [0.05, 0.1) is 29.6 Å². The number of hydrogen-bond acceptors (Lipinski definition) is 5. The molecule has 0 saturated carbocycles. The third-order valence-electron chi connectivity index (χ3n) is 4.58. The highest BCUT2D eigenvalue weighted by Crippen LogP contribution is 2.29. The van der Waals surface area contributed by atoms with Gasteiger partial charge >= 0.3 is 12.1 Å². The van der Waals surface area contributed by atoms with Gasteiger partial charge < -0.3 is 10.1 Å². The number of hydrogen-bond donors (Lipinski definition) is 1. The largest absolute Gasteiger partial charge is 0.465 e. The highest BCUT2D eigenvalue weighted by molar-refractivity contribution is 6.05. The lowest BCUT2D eigenvalue weighted by atomic mass is 10.0. The summed E-state index contributed by atoms with van der Waals surface area (Å²) in [5.74, 6) is -1.08. The number of nitrogens with one attached hydrogen (secondary N) is 1. The van der Waals surface area contributed by atoms with Gasteiger partial charge in [-0.2, -0.15) is 13.2 Å². The molecule has 0 unspecified atom stereocenters. The Labute approximate surface area is 176 Å². The van der Waals surface area contributed by atoms with Crippen LogP contribution in [0.1, 0.15) is 37.7 Å². The number of amides is 1. The fourth-order valence-corrected chi connectivity index (χ4v) is 2.92. The molecule has 1 N–H and O–H groups in total. The summed E-state index contributed by atoms with van der Waals surface area (Å²) >= 11 is 0. The van der Waals surface area contributed by atoms with E-state index in [-0.39, 0.29) is 11.3 Å². The highest BCUT2D eigenvalue weighted by atomic mass is 19.4. The first-order chi connectivity index (χ1) is 14.6. The van der Waals surface area contributed by atoms with Gasteiger partial charge in [0.2, 0.25) is 0 Å². The van der Waals surface area contributed by atoms with Gasteiger partial charge in [-0.15, -0.1) is 0 Å². The number of halogens is 3. The van der Waals surface area contributed by atoms with E-state index in [4.69, 9.17) is 0 Å². The van der Waals surface area contributed by atoms with E-state index in [2.05, 4.69) is 20.0 Å². The molecule has 0 atom stereocenters. The van der Waals surface area contributed by atoms with Crippen molar-refractivity contribution < 1.29 is 27.5 Å². The number of esters is 1. The van der Waals surface area contributed by atoms with E-state index in [1.807, 2.05) is 6.92 Å². The molecule has 31 heavy (non-hydrogen) atoms. The summed E-state index contributed by atoms with van der Waals surface area (Å²) in [5.41, 5.74) is 1.87. The first kappa shape index (κ1) is 21.9. The molecule has 0 saturated heterocycles. The number of ether oxygens (including phenoxy) is 1. The van der Waals surface area contributed by atoms with Gasteiger partial charge in [0.1, 0.15) is 5.69 Å². The Kier molecular flexibility index (Phi) is 6.05. The average molecular weight is 429 g/mol. The number of benzene rings is 1. The zero-order valence-electron chi connectivity index (χ0n) is 16.9. The third-order valence-corrected chi connectivity index (χ3v) is 4.58. The first-order valence-electron chi connectivity index (χ1n) is 9.11. The molecule has 0 aliphatic rings. The molecule has 0 bridgehead atoms. The number of carbonyl (C=O) groups excluding carboxylic acids is 2. The Morgan fingerprint density at radius 2 is 1.77 bits per heavy atom. The van der Waals surface area contributed by atoms with E-state index in [1.165, 1.54) is 20.2 Å². The Morgan fingerprint density at radius 1 is 1.03 bits per heavy atom. The van der Waals surface area contributed by atoms with Gasteiger partial charge in [-0.1, -0.05) is 6.07 Å². The topological polar surface area (TPSA) is 81.2 Å². The monoisotopic (exact) mass is 429 g/mol. The number of alkyl halides is 3. The van der Waals surface area contributed by atoms with Crippen molar-refractivity contribution in [2.24, 2.45) is 0 Å². The van der Waals surface area contributed by atoms with Gasteiger partial charge in [0, 0.05) is 17.4 Å². The number of carbonyl (C=O) groups is 2. The summed E-state index contributed by atoms with van der Waals surface area (Å²) in [6.45, 7) is 3.21. The van der Waals surface area contributed by atoms with Crippen molar-refractivity contribution in [1.82, 2.24) is 9.97 Å². The lowest BCUT2D eigenvalue weighted by Crippen LogP contribution is -2.16. The molecular weight excluding hydrogens is 411 g/mol. The highest BCUT2D eigenvalue weighted by Gasteiger charge is 2.33. The lowest BCUT2D eigenvalue weighted by molar-refractivity contribution is -0.141. The molecule has 3 rings (SSSR count). The van der Waals surface area contributed by atoms with Gasteiger partial charge in [-0.05, 0) is 55.8 Å². The van der Waals surface area contributed by atoms with Crippen LogP contribution < -0.4 is 5.32 Å². The number of rotatable bonds is 4. The minimum Gasteiger partial charge on any atom is -0.465 e. The van der Waals surface area contributed by atoms with E-state index in [0.29, 0.717) is 16.9 Å². The zero-order valence-corrected chi connectivity index (χ0v) is 16.9. The molecule has 160 valence electrons. The van der Waals surface area contributed by atoms with Gasteiger partial charge in [0.15, 0.2) is 0 Å². The molecule has 9 heteroatoms. The predicted octanol–water partition coefficient (Wildman–Crippen LogP) is 4.82. The molecule has 0 aliphatic carbocycles. The van der Waals surface area contributed by atoms with Crippen molar-refractivity contribution in [3.05, 3.63) is 76.7 Å². The fraction of sp³-hybridized carbons (Fsp3) is 0.182. The molecule has 3 aromatic rings. The minimum absolute atomic E-state index is 0.0280. The van der Waals surface area contributed by atoms with Crippen molar-refractivity contribution in [2.75, 3.05) is 12.4 Å². The van der Waals surface area contributed by atoms with E-state index in [1.54, 1.807) is 30.3 Å². The molecule has 0 fully saturated rings. The summed E-state index contributed by atoms with van der Waals surface area (Å²) in [7, 11) is 1.28. The first-order valence-corrected chi connectivity index (χ1v) is 9.11. The number of nitrogens with zero attached hydrogens (tertiary/aromatic N) is 2. The smallest absolute Gasteiger partial charge is 0.433 e. The minimum atomic E-state index is -4.58. The van der Waals surface area contributed by atoms with Crippen LogP contribution in [-0.4, -0.2) is 29.0 Å². The molecule has 0 aliphatic heterocycles. The van der Waals surface area contributed by atoms with Crippen LogP contribution in [0.25, 0.3) is 11.3 Å². The van der Waals surface area contributed by atoms with Crippen LogP contribution in [0.3, 0.4) is 0 Å². The van der Waals surface area contributed by atoms with Gasteiger partial charge in [-0.3, -0.25) is 9.78 Å². The van der Waals surface area contributed by atoms with Crippen LogP contribution in [0.5, 0.6) is 0 Å². The van der Waals surface area contributed by atoms with Crippen LogP contribution >= 0.6 is 0 Å². The van der Waals surface area contributed by atoms with E-state index in [0.717, 1.165) is 23.3 Å². The Balaban J connectivity index is 1.85. The summed E-state index contributed by atoms with van der Waals surface area (Å²) in [5, 5.41) is 2.67. The Bertz CT molecular complexity index is 1140. The van der Waals surface area contributed by atoms with Crippen molar-refractivity contribution in [3.8, 4) is 11.3 Å². The zero-order chi connectivity index (χ0) is 22.8. The third kappa shape index (κ3) is 4.88. The quantitative estimate of drug-likeness (QED) is 0.602. The number of aryl methyl sites for hydroxylation is 2. The summed E-state index contributed by atoms with van der Waals surface area (Å²) < 4.78 is 43.0. The molecule has 1 amide bonds. The summed E-state index contributed by atoms with van der Waals surface area (Å²) in [6, 6.07) is 10.3. The SMILES string of the molecule is COC(=O)c1ccc(-c2cc(NC(=O)c3ccc(C(F)(F)F)nc3C)ccc2C)nc1. The number of aromatic nitrogens is 2. The Hall–Kier alpha value is -3.75. The number of pyridine rings is 2. The number of methoxy groups -OCH3 is 1. The van der Waals surface area contributed by atoms with Gasteiger partial charge in [0.25, 0.3) is 5.91 Å². The van der Waals surface area contributed by atoms with Crippen LogP contribution in [0.2, 0.25) is 0 Å². The molecule has 0 spiro atoms. The predicted molar refractivity (Wildman–Crippen MR) is 108 cm³/mol. The molecule has 2 aromatic heterocycles. The Morgan fingerprint density at radius 3 is 2.35 bits per heavy atom. The molecule has 6 nitrogen and oxygen atoms in total. The van der Waals surface area contributed by atoms with Crippen LogP contribution in [0.15, 0.2) is 48.7 Å². The van der Waals surface area contributed by atoms with E-state index < -0.39 is 23.7 Å². The van der Waals surface area contributed by atoms with E-state index >= 15 is 0 Å². The molecule has 1 aromatic carbocycles. The second-order valence-electron chi connectivity index (χ2n) is 6.73. The number of anilines is 1. The van der Waals surface area contributed by atoms with Crippen molar-refractivity contribution in [2.45, 2.75) is 20.0 Å². The van der Waals surface area contributed by atoms with Crippen molar-refractivity contribution >= 4 is 17.6 Å². The van der Waals surface area contributed by atoms with Crippen LogP contribution in [-0.2, 0) is 10.9 Å². The van der Waals surface area contributed by atoms with Crippen LogP contribution in [0.4, 0.5) is 18.9 Å². The van der Waals surface area contributed by atoms with Crippen LogP contribution in [0, 0.1) is 13.8 Å². The lowest BCUT2D eigenvalue weighted by Gasteiger charge is -2.12. The maximum absolute atomic E-state index is 12.8. The standard InChI is InChI=1S/C22H18F3N3O3/c1-12-4-6-15(10-17(12)18-8-5-14(11-26-18)21(30)31-3)28-20(29)16-7-9-19(22(23,24)25)27-13(16)2/h4-11H,1-3H3,(H,28,29). The van der Waals surface area contributed by atoms with E-state index in [9.17, 15) is 22.8 Å². The second-order valence-corrected chi connectivity index (χ2v) is 6.73.